The maximum absolute atomic E-state index is 11.7. The highest BCUT2D eigenvalue weighted by molar-refractivity contribution is 6.29. The molecule has 1 aliphatic heterocycles. The van der Waals surface area contributed by atoms with E-state index >= 15 is 0 Å². The SMILES string of the molecule is [2H]C12CC(C3CCN(c4nc5c([C@@H](C)Nc6ccc(Cl)nc6C(=O)O)cc(C)cc5nc4C#N)CC3)(C1)C2. The van der Waals surface area contributed by atoms with Crippen molar-refractivity contribution in [2.75, 3.05) is 23.3 Å². The average Bonchev–Trinajstić information content (AvgIpc) is 2.86. The van der Waals surface area contributed by atoms with E-state index in [0.717, 1.165) is 56.3 Å². The predicted molar refractivity (Wildman–Crippen MR) is 142 cm³/mol. The number of halogens is 1. The number of anilines is 2. The van der Waals surface area contributed by atoms with Gasteiger partial charge in [0.05, 0.1) is 22.8 Å². The van der Waals surface area contributed by atoms with Gasteiger partial charge >= 0.3 is 5.97 Å². The van der Waals surface area contributed by atoms with Crippen LogP contribution in [0.25, 0.3) is 11.0 Å². The van der Waals surface area contributed by atoms with Crippen LogP contribution in [0.5, 0.6) is 0 Å². The maximum atomic E-state index is 11.7. The quantitative estimate of drug-likeness (QED) is 0.397. The number of carboxylic acid groups (broad SMARTS) is 1. The van der Waals surface area contributed by atoms with E-state index in [9.17, 15) is 15.2 Å². The molecule has 8 nitrogen and oxygen atoms in total. The Morgan fingerprint density at radius 1 is 1.27 bits per heavy atom. The molecule has 3 aromatic rings. The summed E-state index contributed by atoms with van der Waals surface area (Å²) in [6, 6.07) is 9.02. The number of nitrogens with zero attached hydrogens (tertiary/aromatic N) is 5. The number of hydrogen-bond donors (Lipinski definition) is 2. The molecule has 9 heteroatoms. The zero-order valence-electron chi connectivity index (χ0n) is 21.9. The monoisotopic (exact) mass is 517 g/mol. The molecule has 0 spiro atoms. The lowest BCUT2D eigenvalue weighted by atomic mass is 9.39. The number of hydrogen-bond acceptors (Lipinski definition) is 7. The summed E-state index contributed by atoms with van der Waals surface area (Å²) in [4.78, 5) is 27.6. The Labute approximate surface area is 222 Å². The fourth-order valence-electron chi connectivity index (χ4n) is 6.45. The van der Waals surface area contributed by atoms with Crippen molar-refractivity contribution in [3.05, 3.63) is 51.9 Å². The molecule has 1 atom stereocenters. The number of aromatic carboxylic acids is 1. The zero-order valence-corrected chi connectivity index (χ0v) is 21.6. The van der Waals surface area contributed by atoms with Gasteiger partial charge in [-0.1, -0.05) is 17.7 Å². The molecule has 7 rings (SSSR count). The summed E-state index contributed by atoms with van der Waals surface area (Å²) < 4.78 is 8.26. The topological polar surface area (TPSA) is 115 Å². The van der Waals surface area contributed by atoms with Gasteiger partial charge in [0.15, 0.2) is 17.2 Å². The second-order valence-corrected chi connectivity index (χ2v) is 11.2. The number of aromatic nitrogens is 3. The molecule has 4 fully saturated rings. The van der Waals surface area contributed by atoms with Crippen molar-refractivity contribution in [3.63, 3.8) is 0 Å². The normalized spacial score (nSPS) is 26.0. The Kier molecular flexibility index (Phi) is 5.43. The minimum Gasteiger partial charge on any atom is -0.476 e. The highest BCUT2D eigenvalue weighted by atomic mass is 35.5. The summed E-state index contributed by atoms with van der Waals surface area (Å²) in [5.41, 5.74) is 4.04. The van der Waals surface area contributed by atoms with Crippen molar-refractivity contribution in [1.82, 2.24) is 15.0 Å². The molecule has 37 heavy (non-hydrogen) atoms. The van der Waals surface area contributed by atoms with E-state index in [4.69, 9.17) is 22.9 Å². The lowest BCUT2D eigenvalue weighted by Crippen LogP contribution is -2.58. The van der Waals surface area contributed by atoms with Gasteiger partial charge in [-0.05, 0) is 86.9 Å². The molecule has 1 saturated heterocycles. The first-order valence-electron chi connectivity index (χ1n) is 13.2. The van der Waals surface area contributed by atoms with Crippen molar-refractivity contribution in [2.24, 2.45) is 17.2 Å². The number of nitrogens with one attached hydrogen (secondary N) is 1. The van der Waals surface area contributed by atoms with Gasteiger partial charge in [-0.15, -0.1) is 0 Å². The van der Waals surface area contributed by atoms with Gasteiger partial charge in [0.1, 0.15) is 11.2 Å². The minimum atomic E-state index is -1.17. The molecule has 0 amide bonds. The fraction of sp³-hybridized carbons (Fsp3) is 0.464. The first kappa shape index (κ1) is 22.7. The van der Waals surface area contributed by atoms with Crippen molar-refractivity contribution in [3.8, 4) is 6.07 Å². The molecule has 2 aromatic heterocycles. The maximum Gasteiger partial charge on any atom is 0.356 e. The van der Waals surface area contributed by atoms with Crippen LogP contribution in [0.3, 0.4) is 0 Å². The lowest BCUT2D eigenvalue weighted by Gasteiger charge is -2.66. The van der Waals surface area contributed by atoms with Gasteiger partial charge in [0, 0.05) is 20.0 Å². The zero-order chi connectivity index (χ0) is 26.8. The average molecular weight is 518 g/mol. The lowest BCUT2D eigenvalue weighted by molar-refractivity contribution is -0.156. The van der Waals surface area contributed by atoms with Crippen LogP contribution < -0.4 is 10.2 Å². The first-order chi connectivity index (χ1) is 18.1. The fourth-order valence-corrected chi connectivity index (χ4v) is 6.60. The molecule has 0 radical (unpaired) electrons. The molecular weight excluding hydrogens is 488 g/mol. The Hall–Kier alpha value is -3.44. The van der Waals surface area contributed by atoms with E-state index in [1.165, 1.54) is 0 Å². The van der Waals surface area contributed by atoms with Crippen LogP contribution in [-0.2, 0) is 0 Å². The van der Waals surface area contributed by atoms with Crippen LogP contribution >= 0.6 is 11.6 Å². The molecule has 3 aliphatic carbocycles. The molecule has 1 aromatic carbocycles. The number of rotatable bonds is 6. The standard InChI is InChI=1S/C28H29ClN6O2/c1-15-9-19(16(2)31-20-3-4-23(29)33-25(20)27(36)37)24-21(10-15)32-22(14-30)26(34-24)35-7-5-18(6-8-35)28-11-17(12-28)13-28/h3-4,9-10,16-18,31H,5-8,11-13H2,1-2H3,(H,36,37)/t16-,17?,28?/m1/s1/i17D. The summed E-state index contributed by atoms with van der Waals surface area (Å²) in [7, 11) is 0. The molecule has 190 valence electrons. The van der Waals surface area contributed by atoms with E-state index in [1.807, 2.05) is 26.0 Å². The Bertz CT molecular complexity index is 1490. The van der Waals surface area contributed by atoms with Gasteiger partial charge in [-0.3, -0.25) is 0 Å². The molecule has 2 bridgehead atoms. The molecular formula is C28H29ClN6O2. The summed E-state index contributed by atoms with van der Waals surface area (Å²) in [6.07, 6.45) is 5.22. The van der Waals surface area contributed by atoms with E-state index in [0.29, 0.717) is 39.6 Å². The summed E-state index contributed by atoms with van der Waals surface area (Å²) in [6.45, 7) is 5.53. The third-order valence-corrected chi connectivity index (χ3v) is 8.61. The Morgan fingerprint density at radius 3 is 2.65 bits per heavy atom. The largest absolute Gasteiger partial charge is 0.476 e. The molecule has 4 aliphatic rings. The van der Waals surface area contributed by atoms with Crippen LogP contribution in [0.4, 0.5) is 11.5 Å². The van der Waals surface area contributed by atoms with Gasteiger partial charge in [0.2, 0.25) is 0 Å². The van der Waals surface area contributed by atoms with E-state index < -0.39 is 5.97 Å². The van der Waals surface area contributed by atoms with Crippen molar-refractivity contribution in [1.29, 1.82) is 5.26 Å². The van der Waals surface area contributed by atoms with E-state index in [2.05, 4.69) is 21.3 Å². The number of carbonyl (C=O) groups is 1. The summed E-state index contributed by atoms with van der Waals surface area (Å²) in [5, 5.41) is 22.9. The van der Waals surface area contributed by atoms with Crippen LogP contribution in [0.15, 0.2) is 24.3 Å². The Balaban J connectivity index is 1.31. The minimum absolute atomic E-state index is 0.109. The first-order valence-corrected chi connectivity index (χ1v) is 13.1. The van der Waals surface area contributed by atoms with Crippen LogP contribution in [0.2, 0.25) is 5.15 Å². The Morgan fingerprint density at radius 2 is 2.00 bits per heavy atom. The number of carboxylic acids is 1. The van der Waals surface area contributed by atoms with Gasteiger partial charge in [-0.25, -0.2) is 19.7 Å². The van der Waals surface area contributed by atoms with Gasteiger partial charge in [-0.2, -0.15) is 5.26 Å². The smallest absolute Gasteiger partial charge is 0.356 e. The number of aryl methyl sites for hydroxylation is 1. The number of piperidine rings is 1. The predicted octanol–water partition coefficient (Wildman–Crippen LogP) is 5.75. The summed E-state index contributed by atoms with van der Waals surface area (Å²) in [5.74, 6) is -0.0627. The number of fused-ring (bicyclic) bond motifs is 1. The van der Waals surface area contributed by atoms with Crippen LogP contribution in [0, 0.1) is 35.5 Å². The highest BCUT2D eigenvalue weighted by Crippen LogP contribution is 2.69. The second-order valence-electron chi connectivity index (χ2n) is 10.8. The number of pyridine rings is 1. The van der Waals surface area contributed by atoms with Gasteiger partial charge in [0.25, 0.3) is 0 Å². The van der Waals surface area contributed by atoms with Gasteiger partial charge < -0.3 is 15.3 Å². The third kappa shape index (κ3) is 4.06. The summed E-state index contributed by atoms with van der Waals surface area (Å²) >= 11 is 5.93. The van der Waals surface area contributed by atoms with Crippen molar-refractivity contribution >= 4 is 40.1 Å². The molecule has 2 N–H and O–H groups in total. The van der Waals surface area contributed by atoms with Crippen molar-refractivity contribution in [2.45, 2.75) is 52.0 Å². The molecule has 3 heterocycles. The number of nitriles is 1. The highest BCUT2D eigenvalue weighted by Gasteiger charge is 2.60. The molecule has 3 saturated carbocycles. The van der Waals surface area contributed by atoms with Crippen molar-refractivity contribution < 1.29 is 11.3 Å². The number of benzene rings is 1. The second kappa shape index (κ2) is 8.84. The van der Waals surface area contributed by atoms with Crippen LogP contribution in [-0.4, -0.2) is 39.1 Å². The van der Waals surface area contributed by atoms with Crippen LogP contribution in [0.1, 0.15) is 73.7 Å². The molecule has 0 unspecified atom stereocenters. The third-order valence-electron chi connectivity index (χ3n) is 8.40. The van der Waals surface area contributed by atoms with E-state index in [-0.39, 0.29) is 22.8 Å². The van der Waals surface area contributed by atoms with E-state index in [1.54, 1.807) is 12.1 Å².